The summed E-state index contributed by atoms with van der Waals surface area (Å²) in [5.74, 6) is 1.05. The second kappa shape index (κ2) is 5.48. The number of rotatable bonds is 2. The average molecular weight is 254 g/mol. The fourth-order valence-corrected chi connectivity index (χ4v) is 4.84. The van der Waals surface area contributed by atoms with Crippen LogP contribution in [0.1, 0.15) is 25.5 Å². The van der Waals surface area contributed by atoms with Gasteiger partial charge in [-0.1, -0.05) is 44.2 Å². The van der Waals surface area contributed by atoms with Crippen molar-refractivity contribution in [2.75, 3.05) is 5.75 Å². The molecule has 1 heterocycles. The van der Waals surface area contributed by atoms with Crippen LogP contribution in [0.5, 0.6) is 0 Å². The van der Waals surface area contributed by atoms with Gasteiger partial charge in [0.25, 0.3) is 0 Å². The Morgan fingerprint density at radius 1 is 1.19 bits per heavy atom. The Kier molecular flexibility index (Phi) is 4.22. The zero-order chi connectivity index (χ0) is 11.5. The van der Waals surface area contributed by atoms with Gasteiger partial charge in [0.05, 0.1) is 6.10 Å². The first-order chi connectivity index (χ1) is 7.68. The Balaban J connectivity index is 2.03. The average Bonchev–Trinajstić information content (AvgIpc) is 2.33. The van der Waals surface area contributed by atoms with Gasteiger partial charge in [0.1, 0.15) is 0 Å². The van der Waals surface area contributed by atoms with Crippen molar-refractivity contribution in [2.45, 2.75) is 35.7 Å². The van der Waals surface area contributed by atoms with Crippen LogP contribution in [0.15, 0.2) is 30.3 Å². The van der Waals surface area contributed by atoms with Crippen LogP contribution < -0.4 is 0 Å². The first-order valence-electron chi connectivity index (χ1n) is 5.68. The van der Waals surface area contributed by atoms with E-state index < -0.39 is 0 Å². The summed E-state index contributed by atoms with van der Waals surface area (Å²) in [7, 11) is 0. The highest BCUT2D eigenvalue weighted by Crippen LogP contribution is 2.40. The van der Waals surface area contributed by atoms with E-state index in [9.17, 15) is 5.11 Å². The second-order valence-electron chi connectivity index (χ2n) is 4.27. The van der Waals surface area contributed by atoms with Gasteiger partial charge in [-0.25, -0.2) is 0 Å². The molecular formula is C13H18OS2. The van der Waals surface area contributed by atoms with E-state index in [0.29, 0.717) is 15.7 Å². The predicted octanol–water partition coefficient (Wildman–Crippen LogP) is 3.35. The summed E-state index contributed by atoms with van der Waals surface area (Å²) in [5.41, 5.74) is 1.04. The van der Waals surface area contributed by atoms with E-state index in [0.717, 1.165) is 11.3 Å². The van der Waals surface area contributed by atoms with Gasteiger partial charge in [0.15, 0.2) is 0 Å². The third-order valence-electron chi connectivity index (χ3n) is 3.07. The van der Waals surface area contributed by atoms with Gasteiger partial charge in [0.2, 0.25) is 0 Å². The Labute approximate surface area is 106 Å². The molecule has 0 saturated carbocycles. The lowest BCUT2D eigenvalue weighted by Crippen LogP contribution is -2.30. The van der Waals surface area contributed by atoms with Gasteiger partial charge >= 0.3 is 0 Å². The standard InChI is InChI=1S/C13H18OS2/c1-9-10(2)16-12(8-15-9)13(14)11-6-4-3-5-7-11/h3-7,9-10,12-14H,8H2,1-2H3. The molecule has 1 aromatic carbocycles. The van der Waals surface area contributed by atoms with E-state index in [1.165, 1.54) is 0 Å². The number of benzene rings is 1. The molecule has 0 radical (unpaired) electrons. The van der Waals surface area contributed by atoms with E-state index in [4.69, 9.17) is 0 Å². The Bertz CT molecular complexity index is 328. The fourth-order valence-electron chi connectivity index (χ4n) is 1.84. The van der Waals surface area contributed by atoms with Crippen LogP contribution in [0.2, 0.25) is 0 Å². The molecule has 0 bridgehead atoms. The van der Waals surface area contributed by atoms with Crippen LogP contribution >= 0.6 is 23.5 Å². The molecule has 16 heavy (non-hydrogen) atoms. The molecule has 4 unspecified atom stereocenters. The molecule has 88 valence electrons. The molecule has 1 nitrogen and oxygen atoms in total. The molecule has 0 spiro atoms. The highest BCUT2D eigenvalue weighted by Gasteiger charge is 2.30. The first-order valence-corrected chi connectivity index (χ1v) is 7.67. The molecule has 0 aromatic heterocycles. The Morgan fingerprint density at radius 3 is 2.50 bits per heavy atom. The Morgan fingerprint density at radius 2 is 1.88 bits per heavy atom. The lowest BCUT2D eigenvalue weighted by atomic mass is 10.1. The third-order valence-corrected chi connectivity index (χ3v) is 6.55. The molecule has 1 aliphatic rings. The summed E-state index contributed by atoms with van der Waals surface area (Å²) in [6, 6.07) is 10.00. The minimum Gasteiger partial charge on any atom is -0.387 e. The van der Waals surface area contributed by atoms with Crippen LogP contribution in [-0.2, 0) is 0 Å². The Hall–Kier alpha value is -0.120. The molecule has 0 aliphatic carbocycles. The van der Waals surface area contributed by atoms with Gasteiger partial charge in [-0.2, -0.15) is 23.5 Å². The second-order valence-corrected chi connectivity index (χ2v) is 7.31. The summed E-state index contributed by atoms with van der Waals surface area (Å²) in [6.07, 6.45) is -0.325. The van der Waals surface area contributed by atoms with Gasteiger partial charge < -0.3 is 5.11 Å². The summed E-state index contributed by atoms with van der Waals surface area (Å²) in [6.45, 7) is 4.53. The maximum atomic E-state index is 10.3. The molecule has 1 fully saturated rings. The zero-order valence-electron chi connectivity index (χ0n) is 9.67. The molecule has 1 N–H and O–H groups in total. The van der Waals surface area contributed by atoms with Crippen LogP contribution in [0.3, 0.4) is 0 Å². The van der Waals surface area contributed by atoms with E-state index in [2.05, 4.69) is 13.8 Å². The molecule has 2 rings (SSSR count). The van der Waals surface area contributed by atoms with Crippen molar-refractivity contribution in [3.8, 4) is 0 Å². The maximum Gasteiger partial charge on any atom is 0.0916 e. The summed E-state index contributed by atoms with van der Waals surface area (Å²) in [5, 5.41) is 12.0. The van der Waals surface area contributed by atoms with Crippen molar-refractivity contribution in [3.63, 3.8) is 0 Å². The zero-order valence-corrected chi connectivity index (χ0v) is 11.3. The quantitative estimate of drug-likeness (QED) is 0.874. The number of thioether (sulfide) groups is 2. The molecular weight excluding hydrogens is 236 g/mol. The number of aliphatic hydroxyl groups excluding tert-OH is 1. The van der Waals surface area contributed by atoms with Crippen LogP contribution in [0.25, 0.3) is 0 Å². The van der Waals surface area contributed by atoms with Crippen molar-refractivity contribution in [3.05, 3.63) is 35.9 Å². The molecule has 1 saturated heterocycles. The highest BCUT2D eigenvalue weighted by atomic mass is 32.2. The monoisotopic (exact) mass is 254 g/mol. The molecule has 1 aromatic rings. The minimum absolute atomic E-state index is 0.325. The van der Waals surface area contributed by atoms with E-state index in [-0.39, 0.29) is 6.10 Å². The van der Waals surface area contributed by atoms with E-state index >= 15 is 0 Å². The number of hydrogen-bond acceptors (Lipinski definition) is 3. The lowest BCUT2D eigenvalue weighted by molar-refractivity contribution is 0.180. The van der Waals surface area contributed by atoms with Gasteiger partial charge in [-0.3, -0.25) is 0 Å². The van der Waals surface area contributed by atoms with Crippen molar-refractivity contribution in [1.82, 2.24) is 0 Å². The largest absolute Gasteiger partial charge is 0.387 e. The van der Waals surface area contributed by atoms with Crippen molar-refractivity contribution in [1.29, 1.82) is 0 Å². The third kappa shape index (κ3) is 2.76. The van der Waals surface area contributed by atoms with Gasteiger partial charge in [-0.05, 0) is 5.56 Å². The first kappa shape index (κ1) is 12.3. The van der Waals surface area contributed by atoms with Crippen molar-refractivity contribution < 1.29 is 5.11 Å². The topological polar surface area (TPSA) is 20.2 Å². The number of hydrogen-bond donors (Lipinski definition) is 1. The van der Waals surface area contributed by atoms with E-state index in [1.807, 2.05) is 53.9 Å². The summed E-state index contributed by atoms with van der Waals surface area (Å²) in [4.78, 5) is 0. The summed E-state index contributed by atoms with van der Waals surface area (Å²) < 4.78 is 0. The maximum absolute atomic E-state index is 10.3. The number of aliphatic hydroxyl groups is 1. The molecule has 0 amide bonds. The van der Waals surface area contributed by atoms with E-state index in [1.54, 1.807) is 0 Å². The van der Waals surface area contributed by atoms with Crippen molar-refractivity contribution >= 4 is 23.5 Å². The SMILES string of the molecule is CC1SCC(C(O)c2ccccc2)SC1C. The van der Waals surface area contributed by atoms with Crippen LogP contribution in [0.4, 0.5) is 0 Å². The van der Waals surface area contributed by atoms with Gasteiger partial charge in [-0.15, -0.1) is 0 Å². The van der Waals surface area contributed by atoms with Crippen molar-refractivity contribution in [2.24, 2.45) is 0 Å². The molecule has 1 aliphatic heterocycles. The van der Waals surface area contributed by atoms with Crippen LogP contribution in [0, 0.1) is 0 Å². The molecule has 3 heteroatoms. The minimum atomic E-state index is -0.325. The lowest BCUT2D eigenvalue weighted by Gasteiger charge is -2.33. The van der Waals surface area contributed by atoms with Gasteiger partial charge in [0, 0.05) is 21.5 Å². The predicted molar refractivity (Wildman–Crippen MR) is 74.2 cm³/mol. The normalized spacial score (nSPS) is 32.3. The smallest absolute Gasteiger partial charge is 0.0916 e. The van der Waals surface area contributed by atoms with Crippen LogP contribution in [-0.4, -0.2) is 26.6 Å². The highest BCUT2D eigenvalue weighted by molar-refractivity contribution is 8.07. The fraction of sp³-hybridized carbons (Fsp3) is 0.538. The molecule has 4 atom stereocenters. The summed E-state index contributed by atoms with van der Waals surface area (Å²) >= 11 is 3.90.